The van der Waals surface area contributed by atoms with Gasteiger partial charge in [0.1, 0.15) is 5.01 Å². The molecular formula is C42H47N5O5S2. The number of nitrogens with zero attached hydrogens (tertiary/aromatic N) is 2. The van der Waals surface area contributed by atoms with Gasteiger partial charge in [-0.05, 0) is 71.8 Å². The highest BCUT2D eigenvalue weighted by Crippen LogP contribution is 2.40. The SMILES string of the molecule is Cc1nnc(SC[C@@H]2C[C@H](c3ccc(CO)cc3)O[C@H](c3cccc(-c4cccc(CNC(=O)CCCCCCC(=O)Nc5ccccc5N)c4)c3)O2)s1. The zero-order chi connectivity index (χ0) is 37.7. The van der Waals surface area contributed by atoms with Crippen molar-refractivity contribution in [3.63, 3.8) is 0 Å². The summed E-state index contributed by atoms with van der Waals surface area (Å²) in [4.78, 5) is 24.9. The minimum absolute atomic E-state index is 0.00457. The summed E-state index contributed by atoms with van der Waals surface area (Å²) in [6.45, 7) is 2.39. The van der Waals surface area contributed by atoms with Crippen LogP contribution in [0.3, 0.4) is 0 Å². The standard InChI is InChI=1S/C42H47N5O5S2/c1-28-46-47-42(54-28)53-27-35-24-38(31-20-18-29(26-48)19-21-31)52-41(51-35)34-13-9-12-33(23-34)32-11-8-10-30(22-32)25-44-39(49)16-4-2-3-5-17-40(50)45-37-15-7-6-14-36(37)43/h6-15,18-23,35,38,41,48H,2-5,16-17,24-27,43H2,1H3,(H,44,49)(H,45,50)/t35-,38+,41+/m0/s1. The topological polar surface area (TPSA) is 149 Å². The summed E-state index contributed by atoms with van der Waals surface area (Å²) in [5.74, 6) is 0.683. The monoisotopic (exact) mass is 765 g/mol. The average Bonchev–Trinajstić information content (AvgIpc) is 3.63. The van der Waals surface area contributed by atoms with Crippen molar-refractivity contribution in [2.24, 2.45) is 0 Å². The molecule has 10 nitrogen and oxygen atoms in total. The minimum atomic E-state index is -0.573. The van der Waals surface area contributed by atoms with E-state index in [1.165, 1.54) is 0 Å². The highest BCUT2D eigenvalue weighted by atomic mass is 32.2. The van der Waals surface area contributed by atoms with Gasteiger partial charge in [-0.2, -0.15) is 0 Å². The minimum Gasteiger partial charge on any atom is -0.397 e. The van der Waals surface area contributed by atoms with Crippen LogP contribution in [-0.4, -0.2) is 39.0 Å². The number of hydrogen-bond acceptors (Lipinski definition) is 10. The van der Waals surface area contributed by atoms with Crippen LogP contribution >= 0.6 is 23.1 Å². The van der Waals surface area contributed by atoms with Crippen molar-refractivity contribution in [2.45, 2.75) is 87.9 Å². The fourth-order valence-electron chi connectivity index (χ4n) is 6.29. The summed E-state index contributed by atoms with van der Waals surface area (Å²) in [5, 5.41) is 24.8. The van der Waals surface area contributed by atoms with Crippen LogP contribution in [0, 0.1) is 6.92 Å². The largest absolute Gasteiger partial charge is 0.397 e. The normalized spacial score (nSPS) is 16.9. The van der Waals surface area contributed by atoms with Crippen LogP contribution < -0.4 is 16.4 Å². The van der Waals surface area contributed by atoms with Crippen molar-refractivity contribution >= 4 is 46.3 Å². The van der Waals surface area contributed by atoms with Crippen LogP contribution in [0.4, 0.5) is 11.4 Å². The number of aliphatic hydroxyl groups is 1. The smallest absolute Gasteiger partial charge is 0.224 e. The Morgan fingerprint density at radius 1 is 0.833 bits per heavy atom. The third-order valence-electron chi connectivity index (χ3n) is 9.22. The van der Waals surface area contributed by atoms with Crippen LogP contribution in [0.1, 0.15) is 84.6 Å². The van der Waals surface area contributed by atoms with Crippen molar-refractivity contribution in [3.05, 3.63) is 124 Å². The number of anilines is 2. The number of nitrogens with one attached hydrogen (secondary N) is 2. The molecule has 0 spiro atoms. The molecule has 2 heterocycles. The number of ether oxygens (including phenoxy) is 2. The van der Waals surface area contributed by atoms with Crippen LogP contribution in [0.5, 0.6) is 0 Å². The number of nitrogen functional groups attached to an aromatic ring is 1. The van der Waals surface area contributed by atoms with Gasteiger partial charge in [0, 0.05) is 37.1 Å². The van der Waals surface area contributed by atoms with Crippen molar-refractivity contribution in [2.75, 3.05) is 16.8 Å². The first-order chi connectivity index (χ1) is 26.3. The van der Waals surface area contributed by atoms with Crippen molar-refractivity contribution < 1.29 is 24.2 Å². The lowest BCUT2D eigenvalue weighted by Crippen LogP contribution is -2.31. The van der Waals surface area contributed by atoms with Crippen molar-refractivity contribution in [1.82, 2.24) is 15.5 Å². The second kappa shape index (κ2) is 19.7. The fraction of sp³-hybridized carbons (Fsp3) is 0.333. The van der Waals surface area contributed by atoms with Crippen LogP contribution in [0.2, 0.25) is 0 Å². The number of unbranched alkanes of at least 4 members (excludes halogenated alkanes) is 3. The van der Waals surface area contributed by atoms with E-state index >= 15 is 0 Å². The van der Waals surface area contributed by atoms with Crippen LogP contribution in [-0.2, 0) is 32.2 Å². The van der Waals surface area contributed by atoms with Gasteiger partial charge in [-0.25, -0.2) is 0 Å². The number of para-hydroxylation sites is 2. The molecule has 0 radical (unpaired) electrons. The van der Waals surface area contributed by atoms with E-state index in [2.05, 4.69) is 45.1 Å². The molecule has 4 aromatic carbocycles. The molecule has 282 valence electrons. The molecule has 0 aliphatic carbocycles. The quantitative estimate of drug-likeness (QED) is 0.0415. The molecule has 1 saturated heterocycles. The molecule has 6 rings (SSSR count). The summed E-state index contributed by atoms with van der Waals surface area (Å²) in [7, 11) is 0. The first kappa shape index (κ1) is 39.1. The van der Waals surface area contributed by atoms with E-state index in [-0.39, 0.29) is 30.6 Å². The molecule has 0 saturated carbocycles. The Morgan fingerprint density at radius 2 is 1.57 bits per heavy atom. The Balaban J connectivity index is 1.00. The molecule has 54 heavy (non-hydrogen) atoms. The molecule has 0 unspecified atom stereocenters. The number of thioether (sulfide) groups is 1. The Morgan fingerprint density at radius 3 is 2.31 bits per heavy atom. The number of nitrogens with two attached hydrogens (primary N) is 1. The summed E-state index contributed by atoms with van der Waals surface area (Å²) in [6.07, 6.45) is 4.02. The number of rotatable bonds is 17. The number of amides is 2. The summed E-state index contributed by atoms with van der Waals surface area (Å²) in [5.41, 5.74) is 13.0. The zero-order valence-electron chi connectivity index (χ0n) is 30.4. The highest BCUT2D eigenvalue weighted by molar-refractivity contribution is 8.01. The van der Waals surface area contributed by atoms with E-state index in [9.17, 15) is 14.7 Å². The molecule has 5 N–H and O–H groups in total. The number of hydrogen-bond donors (Lipinski definition) is 4. The lowest BCUT2D eigenvalue weighted by atomic mass is 9.99. The van der Waals surface area contributed by atoms with E-state index in [1.807, 2.05) is 67.6 Å². The second-order valence-corrected chi connectivity index (χ2v) is 15.8. The molecular weight excluding hydrogens is 719 g/mol. The Kier molecular flexibility index (Phi) is 14.2. The summed E-state index contributed by atoms with van der Waals surface area (Å²) in [6, 6.07) is 31.6. The number of benzene rings is 4. The maximum atomic E-state index is 12.6. The second-order valence-electron chi connectivity index (χ2n) is 13.4. The van der Waals surface area contributed by atoms with E-state index in [0.29, 0.717) is 37.2 Å². The predicted molar refractivity (Wildman–Crippen MR) is 215 cm³/mol. The Labute approximate surface area is 324 Å². The lowest BCUT2D eigenvalue weighted by Gasteiger charge is -2.36. The molecule has 1 aromatic heterocycles. The highest BCUT2D eigenvalue weighted by Gasteiger charge is 2.32. The number of carbonyl (C=O) groups is 2. The number of aromatic nitrogens is 2. The zero-order valence-corrected chi connectivity index (χ0v) is 32.0. The summed E-state index contributed by atoms with van der Waals surface area (Å²) >= 11 is 3.23. The average molecular weight is 766 g/mol. The van der Waals surface area contributed by atoms with Crippen LogP contribution in [0.25, 0.3) is 11.1 Å². The molecule has 12 heteroatoms. The molecule has 0 bridgehead atoms. The molecule has 5 aromatic rings. The van der Waals surface area contributed by atoms with Gasteiger partial charge in [0.05, 0.1) is 30.2 Å². The van der Waals surface area contributed by atoms with Crippen molar-refractivity contribution in [3.8, 4) is 11.1 Å². The molecule has 3 atom stereocenters. The van der Waals surface area contributed by atoms with Gasteiger partial charge in [-0.3, -0.25) is 9.59 Å². The van der Waals surface area contributed by atoms with Gasteiger partial charge in [-0.15, -0.1) is 10.2 Å². The Bertz CT molecular complexity index is 1990. The third kappa shape index (κ3) is 11.5. The van der Waals surface area contributed by atoms with Gasteiger partial charge in [0.15, 0.2) is 10.6 Å². The lowest BCUT2D eigenvalue weighted by molar-refractivity contribution is -0.245. The Hall–Kier alpha value is -4.59. The van der Waals surface area contributed by atoms with Gasteiger partial charge < -0.3 is 30.9 Å². The molecule has 1 aliphatic heterocycles. The molecule has 2 amide bonds. The fourth-order valence-corrected chi connectivity index (χ4v) is 8.15. The predicted octanol–water partition coefficient (Wildman–Crippen LogP) is 8.52. The van der Waals surface area contributed by atoms with E-state index in [4.69, 9.17) is 15.2 Å². The van der Waals surface area contributed by atoms with Gasteiger partial charge >= 0.3 is 0 Å². The molecule has 1 aliphatic rings. The first-order valence-corrected chi connectivity index (χ1v) is 20.2. The summed E-state index contributed by atoms with van der Waals surface area (Å²) < 4.78 is 14.1. The van der Waals surface area contributed by atoms with Gasteiger partial charge in [0.25, 0.3) is 0 Å². The van der Waals surface area contributed by atoms with Crippen LogP contribution in [0.15, 0.2) is 101 Å². The maximum absolute atomic E-state index is 12.6. The van der Waals surface area contributed by atoms with Gasteiger partial charge in [-0.1, -0.05) is 109 Å². The molecule has 1 fully saturated rings. The van der Waals surface area contributed by atoms with Gasteiger partial charge in [0.2, 0.25) is 11.8 Å². The number of aryl methyl sites for hydroxylation is 1. The maximum Gasteiger partial charge on any atom is 0.224 e. The van der Waals surface area contributed by atoms with E-state index in [0.717, 1.165) is 74.2 Å². The van der Waals surface area contributed by atoms with E-state index in [1.54, 1.807) is 35.2 Å². The number of aliphatic hydroxyl groups excluding tert-OH is 1. The first-order valence-electron chi connectivity index (χ1n) is 18.4. The third-order valence-corrected chi connectivity index (χ3v) is 11.3. The van der Waals surface area contributed by atoms with Crippen molar-refractivity contribution in [1.29, 1.82) is 0 Å². The van der Waals surface area contributed by atoms with E-state index < -0.39 is 6.29 Å². The number of carbonyl (C=O) groups excluding carboxylic acids is 2.